The van der Waals surface area contributed by atoms with Crippen molar-refractivity contribution >= 4 is 33.4 Å². The first-order valence-corrected chi connectivity index (χ1v) is 14.2. The molecule has 198 valence electrons. The Labute approximate surface area is 218 Å². The zero-order valence-electron chi connectivity index (χ0n) is 21.0. The number of piperidine rings is 1. The maximum absolute atomic E-state index is 13.2. The fourth-order valence-electron chi connectivity index (χ4n) is 5.06. The van der Waals surface area contributed by atoms with Gasteiger partial charge < -0.3 is 16.0 Å². The number of rotatable bonds is 7. The number of hydrogen-bond acceptors (Lipinski definition) is 5. The molecule has 9 nitrogen and oxygen atoms in total. The molecule has 10 heteroatoms. The summed E-state index contributed by atoms with van der Waals surface area (Å²) < 4.78 is 27.9. The smallest absolute Gasteiger partial charge is 0.251 e. The third kappa shape index (κ3) is 6.75. The maximum Gasteiger partial charge on any atom is 0.251 e. The van der Waals surface area contributed by atoms with Gasteiger partial charge in [0.1, 0.15) is 0 Å². The highest BCUT2D eigenvalue weighted by molar-refractivity contribution is 7.89. The third-order valence-corrected chi connectivity index (χ3v) is 8.89. The molecule has 0 radical (unpaired) electrons. The number of nitrogens with zero attached hydrogens (tertiary/aromatic N) is 1. The van der Waals surface area contributed by atoms with Crippen LogP contribution in [-0.4, -0.2) is 55.6 Å². The molecule has 1 saturated heterocycles. The van der Waals surface area contributed by atoms with E-state index < -0.39 is 15.9 Å². The van der Waals surface area contributed by atoms with E-state index in [0.29, 0.717) is 30.6 Å². The zero-order chi connectivity index (χ0) is 26.4. The largest absolute Gasteiger partial charge is 0.351 e. The molecule has 3 atom stereocenters. The normalized spacial score (nSPS) is 22.6. The highest BCUT2D eigenvalue weighted by Crippen LogP contribution is 2.26. The number of hydrogen-bond donors (Lipinski definition) is 3. The van der Waals surface area contributed by atoms with Gasteiger partial charge in [-0.3, -0.25) is 14.4 Å². The van der Waals surface area contributed by atoms with Gasteiger partial charge in [-0.2, -0.15) is 4.31 Å². The number of sulfonamides is 1. The van der Waals surface area contributed by atoms with E-state index in [2.05, 4.69) is 16.0 Å². The van der Waals surface area contributed by atoms with E-state index >= 15 is 0 Å². The van der Waals surface area contributed by atoms with E-state index in [-0.39, 0.29) is 41.2 Å². The summed E-state index contributed by atoms with van der Waals surface area (Å²) in [6, 6.07) is 14.7. The molecular weight excluding hydrogens is 492 g/mol. The summed E-state index contributed by atoms with van der Waals surface area (Å²) in [6.45, 7) is 1.84. The van der Waals surface area contributed by atoms with Crippen LogP contribution in [0.15, 0.2) is 59.5 Å². The molecule has 2 fully saturated rings. The van der Waals surface area contributed by atoms with E-state index in [1.54, 1.807) is 24.3 Å². The summed E-state index contributed by atoms with van der Waals surface area (Å²) in [5.74, 6) is -1.03. The second kappa shape index (κ2) is 11.9. The van der Waals surface area contributed by atoms with Crippen molar-refractivity contribution in [3.05, 3.63) is 60.2 Å². The van der Waals surface area contributed by atoms with Crippen LogP contribution in [0.25, 0.3) is 0 Å². The third-order valence-electron chi connectivity index (χ3n) is 7.01. The van der Waals surface area contributed by atoms with Gasteiger partial charge in [0.15, 0.2) is 0 Å². The molecule has 2 aromatic carbocycles. The van der Waals surface area contributed by atoms with Gasteiger partial charge in [0.05, 0.1) is 10.8 Å². The lowest BCUT2D eigenvalue weighted by Crippen LogP contribution is -2.55. The number of carbonyl (C=O) groups excluding carboxylic acids is 3. The first-order chi connectivity index (χ1) is 17.7. The molecule has 3 N–H and O–H groups in total. The minimum atomic E-state index is -3.78. The lowest BCUT2D eigenvalue weighted by Gasteiger charge is -2.36. The molecule has 1 saturated carbocycles. The van der Waals surface area contributed by atoms with Crippen LogP contribution in [0.2, 0.25) is 0 Å². The van der Waals surface area contributed by atoms with Crippen LogP contribution < -0.4 is 16.0 Å². The predicted molar refractivity (Wildman–Crippen MR) is 140 cm³/mol. The molecule has 1 unspecified atom stereocenters. The van der Waals surface area contributed by atoms with Crippen LogP contribution in [0.4, 0.5) is 5.69 Å². The van der Waals surface area contributed by atoms with E-state index in [4.69, 9.17) is 0 Å². The van der Waals surface area contributed by atoms with Gasteiger partial charge in [0.25, 0.3) is 5.91 Å². The lowest BCUT2D eigenvalue weighted by molar-refractivity contribution is -0.127. The second-order valence-electron chi connectivity index (χ2n) is 9.75. The van der Waals surface area contributed by atoms with Gasteiger partial charge in [-0.05, 0) is 62.1 Å². The van der Waals surface area contributed by atoms with Gasteiger partial charge in [-0.15, -0.1) is 0 Å². The maximum atomic E-state index is 13.2. The Morgan fingerprint density at radius 2 is 1.49 bits per heavy atom. The van der Waals surface area contributed by atoms with Crippen molar-refractivity contribution in [1.82, 2.24) is 14.9 Å². The molecule has 1 aliphatic carbocycles. The quantitative estimate of drug-likeness (QED) is 0.512. The summed E-state index contributed by atoms with van der Waals surface area (Å²) >= 11 is 0. The Bertz CT molecular complexity index is 1220. The Hall–Kier alpha value is -3.24. The number of carbonyl (C=O) groups is 3. The van der Waals surface area contributed by atoms with Gasteiger partial charge in [-0.1, -0.05) is 31.0 Å². The molecule has 2 aliphatic rings. The van der Waals surface area contributed by atoms with E-state index in [9.17, 15) is 22.8 Å². The summed E-state index contributed by atoms with van der Waals surface area (Å²) in [5.41, 5.74) is 1.10. The molecule has 0 bridgehead atoms. The molecule has 0 spiro atoms. The van der Waals surface area contributed by atoms with Crippen LogP contribution in [0, 0.1) is 5.92 Å². The summed E-state index contributed by atoms with van der Waals surface area (Å²) in [7, 11) is -3.78. The first-order valence-electron chi connectivity index (χ1n) is 12.8. The van der Waals surface area contributed by atoms with Crippen molar-refractivity contribution in [3.63, 3.8) is 0 Å². The average molecular weight is 527 g/mol. The minimum Gasteiger partial charge on any atom is -0.351 e. The second-order valence-corrected chi connectivity index (χ2v) is 11.7. The fraction of sp³-hybridized carbons (Fsp3) is 0.444. The van der Waals surface area contributed by atoms with Crippen LogP contribution in [0.3, 0.4) is 0 Å². The summed E-state index contributed by atoms with van der Waals surface area (Å²) in [4.78, 5) is 37.3. The SMILES string of the molecule is CC(=O)Nc1ccc(S(=O)(=O)N2CCCC(C(=O)N[C@@H]3CCCC[C@H]3NC(=O)c3ccccc3)C2)cc1. The van der Waals surface area contributed by atoms with E-state index in [0.717, 1.165) is 25.7 Å². The van der Waals surface area contributed by atoms with Gasteiger partial charge in [-0.25, -0.2) is 8.42 Å². The molecule has 2 aromatic rings. The van der Waals surface area contributed by atoms with Crippen LogP contribution in [0.5, 0.6) is 0 Å². The first kappa shape index (κ1) is 26.8. The highest BCUT2D eigenvalue weighted by Gasteiger charge is 2.35. The molecule has 4 rings (SSSR count). The van der Waals surface area contributed by atoms with E-state index in [1.165, 1.54) is 23.4 Å². The Morgan fingerprint density at radius 3 is 2.14 bits per heavy atom. The van der Waals surface area contributed by atoms with Crippen molar-refractivity contribution in [2.24, 2.45) is 5.92 Å². The average Bonchev–Trinajstić information content (AvgIpc) is 2.90. The Balaban J connectivity index is 1.38. The van der Waals surface area contributed by atoms with Crippen LogP contribution in [-0.2, 0) is 19.6 Å². The Morgan fingerprint density at radius 1 is 0.838 bits per heavy atom. The molecule has 0 aromatic heterocycles. The lowest BCUT2D eigenvalue weighted by atomic mass is 9.89. The highest BCUT2D eigenvalue weighted by atomic mass is 32.2. The summed E-state index contributed by atoms with van der Waals surface area (Å²) in [6.07, 6.45) is 4.67. The molecule has 37 heavy (non-hydrogen) atoms. The number of benzene rings is 2. The van der Waals surface area contributed by atoms with Crippen molar-refractivity contribution in [1.29, 1.82) is 0 Å². The van der Waals surface area contributed by atoms with Gasteiger partial charge in [0, 0.05) is 43.3 Å². The molecule has 3 amide bonds. The van der Waals surface area contributed by atoms with Crippen molar-refractivity contribution in [2.45, 2.75) is 62.4 Å². The number of nitrogens with one attached hydrogen (secondary N) is 3. The molecular formula is C27H34N4O5S. The predicted octanol–water partition coefficient (Wildman–Crippen LogP) is 2.90. The molecule has 1 heterocycles. The minimum absolute atomic E-state index is 0.107. The number of anilines is 1. The van der Waals surface area contributed by atoms with Crippen molar-refractivity contribution in [3.8, 4) is 0 Å². The summed E-state index contributed by atoms with van der Waals surface area (Å²) in [5, 5.41) is 8.82. The van der Waals surface area contributed by atoms with Crippen molar-refractivity contribution < 1.29 is 22.8 Å². The van der Waals surface area contributed by atoms with E-state index in [1.807, 2.05) is 18.2 Å². The number of amides is 3. The Kier molecular flexibility index (Phi) is 8.60. The topological polar surface area (TPSA) is 125 Å². The van der Waals surface area contributed by atoms with Gasteiger partial charge in [0.2, 0.25) is 21.8 Å². The fourth-order valence-corrected chi connectivity index (χ4v) is 6.58. The standard InChI is InChI=1S/C27H34N4O5S/c1-19(32)28-22-13-15-23(16-14-22)37(35,36)31-17-7-10-21(18-31)27(34)30-25-12-6-5-11-24(25)29-26(33)20-8-3-2-4-9-20/h2-4,8-9,13-16,21,24-25H,5-7,10-12,17-18H2,1H3,(H,28,32)(H,29,33)(H,30,34)/t21?,24-,25-/m1/s1. The zero-order valence-corrected chi connectivity index (χ0v) is 21.8. The van der Waals surface area contributed by atoms with Crippen LogP contribution >= 0.6 is 0 Å². The molecule has 1 aliphatic heterocycles. The van der Waals surface area contributed by atoms with Crippen LogP contribution in [0.1, 0.15) is 55.8 Å². The van der Waals surface area contributed by atoms with Gasteiger partial charge >= 0.3 is 0 Å². The monoisotopic (exact) mass is 526 g/mol. The van der Waals surface area contributed by atoms with Crippen molar-refractivity contribution in [2.75, 3.05) is 18.4 Å².